The number of halogens is 1. The number of hydrogen-bond donors (Lipinski definition) is 1. The Morgan fingerprint density at radius 1 is 1.71 bits per heavy atom. The molecule has 0 bridgehead atoms. The molecule has 0 aromatic heterocycles. The molecular formula is C3H3BrO2Zn. The molecule has 0 atom stereocenters. The number of carbonyl (C=O) groups is 1. The second-order valence-corrected chi connectivity index (χ2v) is 1.67. The fraction of sp³-hybridized carbons (Fsp3) is 0. The van der Waals surface area contributed by atoms with E-state index in [0.29, 0.717) is 0 Å². The SMILES string of the molecule is C=C(Br)C(=O)O.[Zn]. The molecule has 0 radical (unpaired) electrons. The minimum Gasteiger partial charge on any atom is -0.477 e. The molecule has 0 heterocycles. The summed E-state index contributed by atoms with van der Waals surface area (Å²) in [5, 5.41) is 7.84. The van der Waals surface area contributed by atoms with Crippen molar-refractivity contribution in [3.8, 4) is 0 Å². The molecule has 0 saturated carbocycles. The van der Waals surface area contributed by atoms with Crippen LogP contribution < -0.4 is 0 Å². The Morgan fingerprint density at radius 2 is 1.86 bits per heavy atom. The molecule has 0 aliphatic heterocycles. The van der Waals surface area contributed by atoms with Crippen LogP contribution in [0.4, 0.5) is 0 Å². The van der Waals surface area contributed by atoms with E-state index in [2.05, 4.69) is 22.5 Å². The Morgan fingerprint density at radius 3 is 1.86 bits per heavy atom. The fourth-order valence-electron chi connectivity index (χ4n) is 0. The summed E-state index contributed by atoms with van der Waals surface area (Å²) in [5.74, 6) is -1.02. The summed E-state index contributed by atoms with van der Waals surface area (Å²) >= 11 is 2.64. The quantitative estimate of drug-likeness (QED) is 0.524. The molecule has 0 spiro atoms. The van der Waals surface area contributed by atoms with E-state index in [1.54, 1.807) is 0 Å². The summed E-state index contributed by atoms with van der Waals surface area (Å²) in [5.41, 5.74) is 0. The molecule has 0 fully saturated rings. The molecule has 0 rings (SSSR count). The van der Waals surface area contributed by atoms with E-state index >= 15 is 0 Å². The summed E-state index contributed by atoms with van der Waals surface area (Å²) in [6.07, 6.45) is 0. The maximum Gasteiger partial charge on any atom is 0.342 e. The first-order valence-corrected chi connectivity index (χ1v) is 2.01. The third-order valence-electron chi connectivity index (χ3n) is 0.232. The van der Waals surface area contributed by atoms with Crippen LogP contribution in [0.15, 0.2) is 11.1 Å². The molecule has 0 unspecified atom stereocenters. The molecule has 36 valence electrons. The molecule has 0 aliphatic rings. The van der Waals surface area contributed by atoms with Crippen LogP contribution >= 0.6 is 15.9 Å². The second kappa shape index (κ2) is 4.47. The zero-order valence-electron chi connectivity index (χ0n) is 3.65. The van der Waals surface area contributed by atoms with E-state index in [9.17, 15) is 4.79 Å². The molecule has 0 aliphatic carbocycles. The zero-order valence-corrected chi connectivity index (χ0v) is 8.20. The van der Waals surface area contributed by atoms with Gasteiger partial charge in [0, 0.05) is 19.5 Å². The molecule has 7 heavy (non-hydrogen) atoms. The number of aliphatic carboxylic acids is 1. The van der Waals surface area contributed by atoms with Crippen LogP contribution in [0.2, 0.25) is 0 Å². The second-order valence-electron chi connectivity index (χ2n) is 0.710. The van der Waals surface area contributed by atoms with Crippen LogP contribution in [0.5, 0.6) is 0 Å². The molecule has 1 N–H and O–H groups in total. The van der Waals surface area contributed by atoms with Gasteiger partial charge in [-0.1, -0.05) is 6.58 Å². The summed E-state index contributed by atoms with van der Waals surface area (Å²) in [7, 11) is 0. The van der Waals surface area contributed by atoms with Crippen LogP contribution in [0, 0.1) is 0 Å². The van der Waals surface area contributed by atoms with Gasteiger partial charge in [0.15, 0.2) is 0 Å². The summed E-state index contributed by atoms with van der Waals surface area (Å²) in [4.78, 5) is 9.55. The van der Waals surface area contributed by atoms with Gasteiger partial charge in [-0.25, -0.2) is 4.79 Å². The minimum atomic E-state index is -1.02. The van der Waals surface area contributed by atoms with Crippen LogP contribution in [0.25, 0.3) is 0 Å². The average molecular weight is 216 g/mol. The average Bonchev–Trinajstić information content (AvgIpc) is 1.36. The maximum atomic E-state index is 9.55. The van der Waals surface area contributed by atoms with E-state index < -0.39 is 5.97 Å². The first-order valence-electron chi connectivity index (χ1n) is 1.22. The van der Waals surface area contributed by atoms with Gasteiger partial charge in [-0.15, -0.1) is 0 Å². The Kier molecular flexibility index (Phi) is 6.60. The Balaban J connectivity index is 0. The monoisotopic (exact) mass is 214 g/mol. The predicted octanol–water partition coefficient (Wildman–Crippen LogP) is 0.977. The molecule has 0 amide bonds. The Bertz CT molecular complexity index is 78.9. The van der Waals surface area contributed by atoms with Gasteiger partial charge in [-0.2, -0.15) is 0 Å². The first kappa shape index (κ1) is 10.3. The maximum absolute atomic E-state index is 9.55. The standard InChI is InChI=1S/C3H3BrO2.Zn/c1-2(4)3(5)6;/h1H2,(H,5,6);. The first-order chi connectivity index (χ1) is 2.64. The van der Waals surface area contributed by atoms with E-state index in [-0.39, 0.29) is 24.0 Å². The van der Waals surface area contributed by atoms with Gasteiger partial charge < -0.3 is 5.11 Å². The van der Waals surface area contributed by atoms with Crippen molar-refractivity contribution in [2.75, 3.05) is 0 Å². The van der Waals surface area contributed by atoms with E-state index in [1.165, 1.54) is 0 Å². The molecular weight excluding hydrogens is 213 g/mol. The van der Waals surface area contributed by atoms with Crippen LogP contribution in [0.1, 0.15) is 0 Å². The van der Waals surface area contributed by atoms with Crippen molar-refractivity contribution >= 4 is 21.9 Å². The predicted molar refractivity (Wildman–Crippen MR) is 25.7 cm³/mol. The third kappa shape index (κ3) is 6.31. The largest absolute Gasteiger partial charge is 0.477 e. The third-order valence-corrected chi connectivity index (χ3v) is 0.571. The Labute approximate surface area is 62.5 Å². The minimum absolute atomic E-state index is 0. The van der Waals surface area contributed by atoms with Crippen molar-refractivity contribution in [3.05, 3.63) is 11.1 Å². The van der Waals surface area contributed by atoms with Gasteiger partial charge >= 0.3 is 5.97 Å². The van der Waals surface area contributed by atoms with E-state index in [0.717, 1.165) is 0 Å². The summed E-state index contributed by atoms with van der Waals surface area (Å²) in [6.45, 7) is 3.07. The van der Waals surface area contributed by atoms with Crippen molar-refractivity contribution < 1.29 is 29.4 Å². The normalized spacial score (nSPS) is 6.43. The van der Waals surface area contributed by atoms with Crippen molar-refractivity contribution in [3.63, 3.8) is 0 Å². The van der Waals surface area contributed by atoms with Gasteiger partial charge in [0.2, 0.25) is 0 Å². The smallest absolute Gasteiger partial charge is 0.342 e. The van der Waals surface area contributed by atoms with E-state index in [4.69, 9.17) is 5.11 Å². The van der Waals surface area contributed by atoms with Crippen LogP contribution in [0.3, 0.4) is 0 Å². The van der Waals surface area contributed by atoms with Crippen molar-refractivity contribution in [2.24, 2.45) is 0 Å². The molecule has 0 aromatic rings. The molecule has 0 saturated heterocycles. The van der Waals surface area contributed by atoms with Crippen molar-refractivity contribution in [1.82, 2.24) is 0 Å². The number of carboxylic acids is 1. The van der Waals surface area contributed by atoms with Crippen LogP contribution in [-0.2, 0) is 24.3 Å². The van der Waals surface area contributed by atoms with Gasteiger partial charge in [0.25, 0.3) is 0 Å². The molecule has 2 nitrogen and oxygen atoms in total. The number of hydrogen-bond acceptors (Lipinski definition) is 1. The summed E-state index contributed by atoms with van der Waals surface area (Å²) < 4.78 is -0.0116. The van der Waals surface area contributed by atoms with Gasteiger partial charge in [-0.3, -0.25) is 0 Å². The molecule has 4 heteroatoms. The van der Waals surface area contributed by atoms with Crippen molar-refractivity contribution in [1.29, 1.82) is 0 Å². The topological polar surface area (TPSA) is 37.3 Å². The number of rotatable bonds is 1. The van der Waals surface area contributed by atoms with Gasteiger partial charge in [-0.05, 0) is 15.9 Å². The van der Waals surface area contributed by atoms with E-state index in [1.807, 2.05) is 0 Å². The number of carboxylic acid groups (broad SMARTS) is 1. The van der Waals surface area contributed by atoms with Crippen LogP contribution in [-0.4, -0.2) is 11.1 Å². The van der Waals surface area contributed by atoms with Gasteiger partial charge in [0.05, 0.1) is 4.48 Å². The Hall–Kier alpha value is 0.313. The van der Waals surface area contributed by atoms with Gasteiger partial charge in [0.1, 0.15) is 0 Å². The fourth-order valence-corrected chi connectivity index (χ4v) is 0. The summed E-state index contributed by atoms with van der Waals surface area (Å²) in [6, 6.07) is 0. The molecule has 0 aromatic carbocycles. The van der Waals surface area contributed by atoms with Crippen molar-refractivity contribution in [2.45, 2.75) is 0 Å². The zero-order chi connectivity index (χ0) is 5.15.